The predicted molar refractivity (Wildman–Crippen MR) is 105 cm³/mol. The third-order valence-electron chi connectivity index (χ3n) is 5.72. The predicted octanol–water partition coefficient (Wildman–Crippen LogP) is 2.19. The zero-order valence-electron chi connectivity index (χ0n) is 16.3. The molecule has 2 aromatic rings. The number of aromatic nitrogens is 2. The van der Waals surface area contributed by atoms with Gasteiger partial charge in [-0.15, -0.1) is 0 Å². The lowest BCUT2D eigenvalue weighted by Gasteiger charge is -2.35. The van der Waals surface area contributed by atoms with Crippen molar-refractivity contribution in [3.05, 3.63) is 53.6 Å². The molecular formula is C21H29N5O. The Balaban J connectivity index is 1.48. The molecule has 1 unspecified atom stereocenters. The first-order valence-corrected chi connectivity index (χ1v) is 9.99. The second kappa shape index (κ2) is 7.82. The number of piperazine rings is 1. The van der Waals surface area contributed by atoms with E-state index in [1.165, 1.54) is 18.4 Å². The van der Waals surface area contributed by atoms with Crippen molar-refractivity contribution in [1.29, 1.82) is 0 Å². The maximum absolute atomic E-state index is 13.2. The zero-order valence-corrected chi connectivity index (χ0v) is 16.3. The molecule has 0 radical (unpaired) electrons. The summed E-state index contributed by atoms with van der Waals surface area (Å²) in [5.74, 6) is 1.01. The van der Waals surface area contributed by atoms with Crippen molar-refractivity contribution in [1.82, 2.24) is 24.7 Å². The van der Waals surface area contributed by atoms with Crippen LogP contribution in [0.3, 0.4) is 0 Å². The summed E-state index contributed by atoms with van der Waals surface area (Å²) in [7, 11) is 1.98. The van der Waals surface area contributed by atoms with E-state index in [1.807, 2.05) is 34.8 Å². The van der Waals surface area contributed by atoms with Crippen molar-refractivity contribution < 1.29 is 4.79 Å². The second-order valence-corrected chi connectivity index (χ2v) is 7.61. The van der Waals surface area contributed by atoms with Gasteiger partial charge >= 0.3 is 0 Å². The molecule has 0 bridgehead atoms. The summed E-state index contributed by atoms with van der Waals surface area (Å²) in [4.78, 5) is 22.1. The summed E-state index contributed by atoms with van der Waals surface area (Å²) in [6.45, 7) is 6.53. The molecule has 144 valence electrons. The van der Waals surface area contributed by atoms with E-state index in [0.717, 1.165) is 43.6 Å². The van der Waals surface area contributed by atoms with E-state index in [1.54, 1.807) is 6.20 Å². The normalized spacial score (nSPS) is 20.3. The van der Waals surface area contributed by atoms with Crippen LogP contribution in [0, 0.1) is 0 Å². The first-order chi connectivity index (χ1) is 13.2. The number of rotatable bonds is 6. The third-order valence-corrected chi connectivity index (χ3v) is 5.72. The minimum absolute atomic E-state index is 0.0311. The van der Waals surface area contributed by atoms with Gasteiger partial charge in [0.2, 0.25) is 0 Å². The number of carbonyl (C=O) groups is 1. The molecule has 2 heterocycles. The number of hydrogen-bond acceptors (Lipinski definition) is 4. The molecule has 1 amide bonds. The van der Waals surface area contributed by atoms with Crippen LogP contribution in [0.1, 0.15) is 47.6 Å². The molecule has 2 fully saturated rings. The maximum Gasteiger partial charge on any atom is 0.254 e. The highest BCUT2D eigenvalue weighted by molar-refractivity contribution is 5.94. The monoisotopic (exact) mass is 367 g/mol. The largest absolute Gasteiger partial charge is 0.336 e. The fourth-order valence-electron chi connectivity index (χ4n) is 3.97. The van der Waals surface area contributed by atoms with Gasteiger partial charge in [0.15, 0.2) is 0 Å². The second-order valence-electron chi connectivity index (χ2n) is 7.61. The average molecular weight is 367 g/mol. The van der Waals surface area contributed by atoms with Crippen molar-refractivity contribution in [2.45, 2.75) is 38.4 Å². The first-order valence-electron chi connectivity index (χ1n) is 9.99. The summed E-state index contributed by atoms with van der Waals surface area (Å²) in [5.41, 5.74) is 2.04. The fraction of sp³-hybridized carbons (Fsp3) is 0.524. The molecule has 1 aliphatic heterocycles. The molecule has 0 spiro atoms. The molecule has 27 heavy (non-hydrogen) atoms. The van der Waals surface area contributed by atoms with E-state index in [2.05, 4.69) is 34.3 Å². The van der Waals surface area contributed by atoms with Gasteiger partial charge in [-0.2, -0.15) is 0 Å². The molecule has 1 saturated heterocycles. The van der Waals surface area contributed by atoms with Crippen molar-refractivity contribution >= 4 is 5.91 Å². The minimum atomic E-state index is -0.0311. The summed E-state index contributed by atoms with van der Waals surface area (Å²) < 4.78 is 2.00. The van der Waals surface area contributed by atoms with Crippen LogP contribution in [0.5, 0.6) is 0 Å². The van der Waals surface area contributed by atoms with Crippen LogP contribution in [0.2, 0.25) is 0 Å². The summed E-state index contributed by atoms with van der Waals surface area (Å²) in [6, 6.07) is 8.91. The van der Waals surface area contributed by atoms with Crippen LogP contribution < -0.4 is 5.32 Å². The smallest absolute Gasteiger partial charge is 0.254 e. The Morgan fingerprint density at radius 1 is 1.30 bits per heavy atom. The highest BCUT2D eigenvalue weighted by atomic mass is 16.2. The lowest BCUT2D eigenvalue weighted by Crippen LogP contribution is -2.49. The van der Waals surface area contributed by atoms with Crippen LogP contribution in [-0.4, -0.2) is 57.5 Å². The number of amides is 1. The van der Waals surface area contributed by atoms with Crippen LogP contribution in [-0.2, 0) is 13.6 Å². The zero-order chi connectivity index (χ0) is 18.8. The van der Waals surface area contributed by atoms with Crippen LogP contribution in [0.4, 0.5) is 0 Å². The van der Waals surface area contributed by atoms with Gasteiger partial charge in [-0.3, -0.25) is 9.69 Å². The molecule has 1 aromatic carbocycles. The van der Waals surface area contributed by atoms with Crippen LogP contribution in [0.25, 0.3) is 0 Å². The Morgan fingerprint density at radius 3 is 2.70 bits per heavy atom. The Kier molecular flexibility index (Phi) is 5.27. The molecular weight excluding hydrogens is 338 g/mol. The minimum Gasteiger partial charge on any atom is -0.336 e. The van der Waals surface area contributed by atoms with Crippen LogP contribution in [0.15, 0.2) is 36.7 Å². The molecule has 6 heteroatoms. The van der Waals surface area contributed by atoms with Crippen molar-refractivity contribution in [3.63, 3.8) is 0 Å². The average Bonchev–Trinajstić information content (AvgIpc) is 3.46. The van der Waals surface area contributed by atoms with Gasteiger partial charge in [-0.1, -0.05) is 19.1 Å². The van der Waals surface area contributed by atoms with Gasteiger partial charge in [-0.05, 0) is 37.1 Å². The molecule has 1 atom stereocenters. The number of imidazole rings is 1. The van der Waals surface area contributed by atoms with Gasteiger partial charge in [0.05, 0.1) is 0 Å². The Hall–Kier alpha value is -2.18. The summed E-state index contributed by atoms with van der Waals surface area (Å²) in [6.07, 6.45) is 6.37. The third kappa shape index (κ3) is 3.92. The van der Waals surface area contributed by atoms with Gasteiger partial charge in [-0.25, -0.2) is 4.98 Å². The molecule has 1 saturated carbocycles. The summed E-state index contributed by atoms with van der Waals surface area (Å²) in [5, 5.41) is 3.39. The van der Waals surface area contributed by atoms with E-state index >= 15 is 0 Å². The molecule has 6 nitrogen and oxygen atoms in total. The maximum atomic E-state index is 13.2. The SMILES string of the molecule is CCN(Cc1ccc(C(=O)N2CCNCC2c2nccn2C)cc1)C1CC1. The standard InChI is InChI=1S/C21H29N5O/c1-3-25(18-8-9-18)15-16-4-6-17(7-5-16)21(27)26-13-10-22-14-19(26)20-23-11-12-24(20)2/h4-7,11-12,18-19,22H,3,8-10,13-15H2,1-2H3. The number of carbonyl (C=O) groups excluding carboxylic acids is 1. The Bertz CT molecular complexity index is 780. The summed E-state index contributed by atoms with van der Waals surface area (Å²) >= 11 is 0. The molecule has 1 N–H and O–H groups in total. The highest BCUT2D eigenvalue weighted by Crippen LogP contribution is 2.28. The number of nitrogens with one attached hydrogen (secondary N) is 1. The Labute approximate surface area is 161 Å². The molecule has 1 aliphatic carbocycles. The van der Waals surface area contributed by atoms with Crippen molar-refractivity contribution in [3.8, 4) is 0 Å². The molecule has 1 aromatic heterocycles. The number of benzene rings is 1. The molecule has 2 aliphatic rings. The number of aryl methyl sites for hydroxylation is 1. The lowest BCUT2D eigenvalue weighted by atomic mass is 10.1. The number of nitrogens with zero attached hydrogens (tertiary/aromatic N) is 4. The van der Waals surface area contributed by atoms with Gasteiger partial charge in [0.1, 0.15) is 11.9 Å². The van der Waals surface area contributed by atoms with E-state index < -0.39 is 0 Å². The highest BCUT2D eigenvalue weighted by Gasteiger charge is 2.31. The van der Waals surface area contributed by atoms with E-state index in [4.69, 9.17) is 0 Å². The topological polar surface area (TPSA) is 53.4 Å². The lowest BCUT2D eigenvalue weighted by molar-refractivity contribution is 0.0621. The van der Waals surface area contributed by atoms with Gasteiger partial charge in [0, 0.05) is 57.2 Å². The quantitative estimate of drug-likeness (QED) is 0.850. The first kappa shape index (κ1) is 18.2. The van der Waals surface area contributed by atoms with Crippen LogP contribution >= 0.6 is 0 Å². The fourth-order valence-corrected chi connectivity index (χ4v) is 3.97. The van der Waals surface area contributed by atoms with E-state index in [9.17, 15) is 4.79 Å². The Morgan fingerprint density at radius 2 is 2.07 bits per heavy atom. The number of hydrogen-bond donors (Lipinski definition) is 1. The molecule has 4 rings (SSSR count). The van der Waals surface area contributed by atoms with Crippen molar-refractivity contribution in [2.75, 3.05) is 26.2 Å². The van der Waals surface area contributed by atoms with Gasteiger partial charge in [0.25, 0.3) is 5.91 Å². The van der Waals surface area contributed by atoms with E-state index in [0.29, 0.717) is 6.54 Å². The van der Waals surface area contributed by atoms with Gasteiger partial charge < -0.3 is 14.8 Å². The van der Waals surface area contributed by atoms with E-state index in [-0.39, 0.29) is 11.9 Å². The van der Waals surface area contributed by atoms with Crippen molar-refractivity contribution in [2.24, 2.45) is 7.05 Å².